The van der Waals surface area contributed by atoms with Crippen LogP contribution in [0.25, 0.3) is 11.0 Å². The molecular formula is C14H15BrN4O3. The van der Waals surface area contributed by atoms with Crippen LogP contribution in [0.1, 0.15) is 18.7 Å². The number of nitrogens with two attached hydrogens (primary N) is 1. The number of aliphatic hydroxyl groups excluding tert-OH is 2. The highest BCUT2D eigenvalue weighted by Gasteiger charge is 2.52. The van der Waals surface area contributed by atoms with Crippen molar-refractivity contribution in [3.8, 4) is 12.3 Å². The Morgan fingerprint density at radius 1 is 1.59 bits per heavy atom. The third-order valence-electron chi connectivity index (χ3n) is 3.94. The van der Waals surface area contributed by atoms with E-state index in [1.807, 2.05) is 0 Å². The number of fused-ring (bicyclic) bond motifs is 1. The Balaban J connectivity index is 2.20. The first-order valence-electron chi connectivity index (χ1n) is 6.62. The number of aliphatic hydroxyl groups is 2. The number of ether oxygens (including phenoxy) is 1. The molecule has 4 N–H and O–H groups in total. The Morgan fingerprint density at radius 2 is 2.32 bits per heavy atom. The summed E-state index contributed by atoms with van der Waals surface area (Å²) < 4.78 is 6.66. The van der Waals surface area contributed by atoms with Crippen molar-refractivity contribution in [2.24, 2.45) is 0 Å². The largest absolute Gasteiger partial charge is 0.394 e. The molecule has 0 radical (unpaired) electrons. The lowest BCUT2D eigenvalue weighted by Gasteiger charge is -2.27. The highest BCUT2D eigenvalue weighted by atomic mass is 79.9. The summed E-state index contributed by atoms with van der Waals surface area (Å²) >= 11 is 3.49. The maximum absolute atomic E-state index is 10.3. The smallest absolute Gasteiger partial charge is 0.153 e. The molecule has 0 saturated carbocycles. The van der Waals surface area contributed by atoms with Crippen molar-refractivity contribution in [2.45, 2.75) is 29.7 Å². The summed E-state index contributed by atoms with van der Waals surface area (Å²) in [5.74, 6) is 2.84. The molecule has 0 bridgehead atoms. The van der Waals surface area contributed by atoms with Crippen molar-refractivity contribution in [1.82, 2.24) is 14.5 Å². The van der Waals surface area contributed by atoms with Crippen molar-refractivity contribution in [3.63, 3.8) is 0 Å². The van der Waals surface area contributed by atoms with Crippen LogP contribution in [0.5, 0.6) is 0 Å². The van der Waals surface area contributed by atoms with Gasteiger partial charge < -0.3 is 25.3 Å². The van der Waals surface area contributed by atoms with Gasteiger partial charge in [-0.1, -0.05) is 21.9 Å². The van der Waals surface area contributed by atoms with Gasteiger partial charge in [0.15, 0.2) is 6.23 Å². The van der Waals surface area contributed by atoms with Crippen molar-refractivity contribution in [2.75, 3.05) is 12.3 Å². The highest BCUT2D eigenvalue weighted by molar-refractivity contribution is 9.10. The minimum atomic E-state index is -0.895. The van der Waals surface area contributed by atoms with Crippen LogP contribution >= 0.6 is 15.9 Å². The van der Waals surface area contributed by atoms with E-state index in [9.17, 15) is 10.2 Å². The number of nitrogen functional groups attached to an aromatic ring is 1. The Labute approximate surface area is 135 Å². The summed E-state index contributed by atoms with van der Waals surface area (Å²) in [6, 6.07) is 0. The summed E-state index contributed by atoms with van der Waals surface area (Å²) in [4.78, 5) is 8.18. The fraction of sp³-hybridized carbons (Fsp3) is 0.429. The van der Waals surface area contributed by atoms with Gasteiger partial charge in [0.25, 0.3) is 0 Å². The van der Waals surface area contributed by atoms with E-state index in [0.717, 1.165) is 0 Å². The van der Waals surface area contributed by atoms with Crippen LogP contribution in [0.4, 0.5) is 5.82 Å². The summed E-state index contributed by atoms with van der Waals surface area (Å²) in [7, 11) is 0. The number of rotatable bonds is 2. The molecule has 22 heavy (non-hydrogen) atoms. The molecule has 3 rings (SSSR count). The average molecular weight is 367 g/mol. The Bertz CT molecular complexity index is 767. The van der Waals surface area contributed by atoms with Crippen molar-refractivity contribution >= 4 is 32.8 Å². The predicted octanol–water partition coefficient (Wildman–Crippen LogP) is 0.399. The molecule has 1 aliphatic heterocycles. The molecule has 2 aromatic rings. The Kier molecular flexibility index (Phi) is 3.61. The number of anilines is 1. The van der Waals surface area contributed by atoms with E-state index in [1.165, 1.54) is 6.33 Å². The number of halogens is 1. The van der Waals surface area contributed by atoms with E-state index in [0.29, 0.717) is 16.6 Å². The molecule has 0 aliphatic carbocycles. The molecule has 4 atom stereocenters. The molecule has 0 amide bonds. The number of hydrogen-bond acceptors (Lipinski definition) is 6. The first-order chi connectivity index (χ1) is 10.4. The fourth-order valence-corrected chi connectivity index (χ4v) is 3.38. The first kappa shape index (κ1) is 15.2. The van der Waals surface area contributed by atoms with Crippen LogP contribution in [0, 0.1) is 12.3 Å². The summed E-state index contributed by atoms with van der Waals surface area (Å²) in [5, 5.41) is 20.2. The van der Waals surface area contributed by atoms with Gasteiger partial charge in [-0.25, -0.2) is 9.97 Å². The van der Waals surface area contributed by atoms with E-state index < -0.39 is 22.8 Å². The van der Waals surface area contributed by atoms with Crippen LogP contribution in [-0.2, 0) is 4.74 Å². The van der Waals surface area contributed by atoms with Gasteiger partial charge in [0.2, 0.25) is 0 Å². The molecule has 0 spiro atoms. The Hall–Kier alpha value is -1.66. The summed E-state index contributed by atoms with van der Waals surface area (Å²) in [6.45, 7) is 1.49. The van der Waals surface area contributed by atoms with Gasteiger partial charge in [-0.3, -0.25) is 0 Å². The summed E-state index contributed by atoms with van der Waals surface area (Å²) in [6.07, 6.45) is 6.34. The van der Waals surface area contributed by atoms with E-state index in [1.54, 1.807) is 17.7 Å². The zero-order valence-electron chi connectivity index (χ0n) is 11.8. The third kappa shape index (κ3) is 2.01. The number of hydrogen-bond donors (Lipinski definition) is 3. The minimum absolute atomic E-state index is 0.283. The van der Waals surface area contributed by atoms with Gasteiger partial charge in [0.1, 0.15) is 30.0 Å². The number of aromatic nitrogens is 3. The monoisotopic (exact) mass is 366 g/mol. The maximum Gasteiger partial charge on any atom is 0.153 e. The van der Waals surface area contributed by atoms with Crippen LogP contribution in [0.3, 0.4) is 0 Å². The first-order valence-corrected chi connectivity index (χ1v) is 7.42. The zero-order chi connectivity index (χ0) is 16.1. The molecule has 2 aromatic heterocycles. The number of nitrogens with zero attached hydrogens (tertiary/aromatic N) is 3. The minimum Gasteiger partial charge on any atom is -0.394 e. The van der Waals surface area contributed by atoms with Crippen LogP contribution in [-0.4, -0.2) is 47.9 Å². The van der Waals surface area contributed by atoms with Crippen molar-refractivity contribution in [1.29, 1.82) is 0 Å². The van der Waals surface area contributed by atoms with Gasteiger partial charge in [-0.2, -0.15) is 0 Å². The van der Waals surface area contributed by atoms with Gasteiger partial charge in [-0.05, 0) is 6.92 Å². The lowest BCUT2D eigenvalue weighted by Crippen LogP contribution is -2.39. The Morgan fingerprint density at radius 3 is 2.91 bits per heavy atom. The van der Waals surface area contributed by atoms with Crippen molar-refractivity contribution in [3.05, 3.63) is 18.1 Å². The lowest BCUT2D eigenvalue weighted by molar-refractivity contribution is -0.0437. The van der Waals surface area contributed by atoms with Crippen LogP contribution in [0.2, 0.25) is 0 Å². The van der Waals surface area contributed by atoms with Crippen LogP contribution in [0.15, 0.2) is 12.5 Å². The van der Waals surface area contributed by atoms with Gasteiger partial charge in [-0.15, -0.1) is 6.42 Å². The molecule has 0 aromatic carbocycles. The SMILES string of the molecule is C#Cc1cn([C@@H]2O[C@H](CO)[C@@H](O)[C@@]2(C)Br)c2ncnc(N)c12. The third-order valence-corrected chi connectivity index (χ3v) is 4.80. The van der Waals surface area contributed by atoms with Gasteiger partial charge in [0, 0.05) is 6.20 Å². The molecule has 8 heteroatoms. The molecular weight excluding hydrogens is 352 g/mol. The molecule has 116 valence electrons. The second-order valence-electron chi connectivity index (χ2n) is 5.36. The zero-order valence-corrected chi connectivity index (χ0v) is 13.4. The van der Waals surface area contributed by atoms with Crippen LogP contribution < -0.4 is 5.73 Å². The fourth-order valence-electron chi connectivity index (χ4n) is 2.76. The normalized spacial score (nSPS) is 31.5. The van der Waals surface area contributed by atoms with E-state index in [2.05, 4.69) is 31.8 Å². The lowest BCUT2D eigenvalue weighted by atomic mass is 10.0. The quantitative estimate of drug-likeness (QED) is 0.524. The molecule has 1 saturated heterocycles. The molecule has 3 heterocycles. The van der Waals surface area contributed by atoms with Crippen molar-refractivity contribution < 1.29 is 14.9 Å². The molecule has 1 aliphatic rings. The van der Waals surface area contributed by atoms with E-state index in [-0.39, 0.29) is 12.4 Å². The standard InChI is InChI=1S/C14H15BrN4O3/c1-3-7-4-19(12-9(7)11(16)17-6-18-12)13-14(2,15)10(21)8(5-20)22-13/h1,4,6,8,10,13,20-21H,5H2,2H3,(H2,16,17,18)/t8-,10-,13-,14-/m1/s1. The molecule has 0 unspecified atom stereocenters. The van der Waals surface area contributed by atoms with E-state index >= 15 is 0 Å². The number of terminal acetylenes is 1. The maximum atomic E-state index is 10.3. The molecule has 1 fully saturated rings. The predicted molar refractivity (Wildman–Crippen MR) is 84.2 cm³/mol. The second-order valence-corrected chi connectivity index (χ2v) is 7.07. The average Bonchev–Trinajstić information content (AvgIpc) is 2.97. The topological polar surface area (TPSA) is 106 Å². The van der Waals surface area contributed by atoms with Gasteiger partial charge >= 0.3 is 0 Å². The second kappa shape index (κ2) is 5.21. The number of alkyl halides is 1. The highest BCUT2D eigenvalue weighted by Crippen LogP contribution is 2.46. The summed E-state index contributed by atoms with van der Waals surface area (Å²) in [5.41, 5.74) is 6.95. The van der Waals surface area contributed by atoms with Gasteiger partial charge in [0.05, 0.1) is 21.9 Å². The van der Waals surface area contributed by atoms with E-state index in [4.69, 9.17) is 16.9 Å². The molecule has 7 nitrogen and oxygen atoms in total.